The van der Waals surface area contributed by atoms with E-state index < -0.39 is 5.97 Å². The van der Waals surface area contributed by atoms with Crippen molar-refractivity contribution in [2.75, 3.05) is 13.1 Å². The fourth-order valence-corrected chi connectivity index (χ4v) is 4.87. The number of carboxylic acids is 1. The molecule has 2 fully saturated rings. The summed E-state index contributed by atoms with van der Waals surface area (Å²) in [6.07, 6.45) is 8.96. The molecule has 1 unspecified atom stereocenters. The summed E-state index contributed by atoms with van der Waals surface area (Å²) in [7, 11) is 0. The van der Waals surface area contributed by atoms with Gasteiger partial charge in [0.1, 0.15) is 5.75 Å². The number of ether oxygens (including phenoxy) is 1. The minimum absolute atomic E-state index is 0.198. The number of fused-ring (bicyclic) bond motifs is 1. The fourth-order valence-electron chi connectivity index (χ4n) is 4.87. The van der Waals surface area contributed by atoms with Gasteiger partial charge in [0.2, 0.25) is 0 Å². The monoisotopic (exact) mass is 396 g/mol. The highest BCUT2D eigenvalue weighted by Crippen LogP contribution is 2.31. The topological polar surface area (TPSA) is 62.7 Å². The average molecular weight is 397 g/mol. The molecule has 0 spiro atoms. The van der Waals surface area contributed by atoms with Crippen LogP contribution in [-0.4, -0.2) is 40.2 Å². The second-order valence-corrected chi connectivity index (χ2v) is 8.54. The zero-order valence-electron chi connectivity index (χ0n) is 17.3. The van der Waals surface area contributed by atoms with Crippen LogP contribution in [0.3, 0.4) is 0 Å². The maximum atomic E-state index is 11.2. The number of pyridine rings is 1. The summed E-state index contributed by atoms with van der Waals surface area (Å²) in [5, 5.41) is 10.4. The molecule has 2 aliphatic rings. The third-order valence-corrected chi connectivity index (χ3v) is 6.58. The van der Waals surface area contributed by atoms with E-state index in [2.05, 4.69) is 36.1 Å². The van der Waals surface area contributed by atoms with Gasteiger partial charge in [-0.25, -0.2) is 0 Å². The van der Waals surface area contributed by atoms with Gasteiger partial charge in [-0.2, -0.15) is 0 Å². The highest BCUT2D eigenvalue weighted by atomic mass is 16.5. The summed E-state index contributed by atoms with van der Waals surface area (Å²) >= 11 is 0. The quantitative estimate of drug-likeness (QED) is 0.728. The number of aliphatic carboxylic acids is 1. The standard InChI is InChI=1S/C24H32N2O3/c1-2-23(26-14-12-17(13-15-26)24(27)28)22-10-8-18-16-20(9-11-21(18)25-22)29-19-6-4-3-5-7-19/h8-11,16-17,19,23H,2-7,12-15H2,1H3,(H,27,28). The van der Waals surface area contributed by atoms with E-state index in [1.54, 1.807) is 0 Å². The maximum Gasteiger partial charge on any atom is 0.306 e. The first kappa shape index (κ1) is 20.1. The van der Waals surface area contributed by atoms with Crippen LogP contribution in [-0.2, 0) is 4.79 Å². The highest BCUT2D eigenvalue weighted by Gasteiger charge is 2.29. The number of hydrogen-bond acceptors (Lipinski definition) is 4. The number of carbonyl (C=O) groups is 1. The second-order valence-electron chi connectivity index (χ2n) is 8.54. The molecular weight excluding hydrogens is 364 g/mol. The summed E-state index contributed by atoms with van der Waals surface area (Å²) in [6, 6.07) is 10.8. The lowest BCUT2D eigenvalue weighted by Gasteiger charge is -2.35. The predicted molar refractivity (Wildman–Crippen MR) is 114 cm³/mol. The largest absolute Gasteiger partial charge is 0.490 e. The van der Waals surface area contributed by atoms with E-state index in [1.165, 1.54) is 19.3 Å². The Labute approximate surface area is 173 Å². The highest BCUT2D eigenvalue weighted by molar-refractivity contribution is 5.80. The molecule has 1 aliphatic carbocycles. The van der Waals surface area contributed by atoms with E-state index in [4.69, 9.17) is 9.72 Å². The van der Waals surface area contributed by atoms with Crippen LogP contribution in [0.2, 0.25) is 0 Å². The predicted octanol–water partition coefficient (Wildman–Crippen LogP) is 5.19. The number of benzene rings is 1. The van der Waals surface area contributed by atoms with Crippen molar-refractivity contribution in [1.82, 2.24) is 9.88 Å². The van der Waals surface area contributed by atoms with Gasteiger partial charge in [-0.05, 0) is 82.3 Å². The maximum absolute atomic E-state index is 11.2. The van der Waals surface area contributed by atoms with Crippen molar-refractivity contribution in [3.63, 3.8) is 0 Å². The third-order valence-electron chi connectivity index (χ3n) is 6.58. The lowest BCUT2D eigenvalue weighted by molar-refractivity contribution is -0.143. The van der Waals surface area contributed by atoms with E-state index >= 15 is 0 Å². The van der Waals surface area contributed by atoms with Crippen molar-refractivity contribution < 1.29 is 14.6 Å². The second kappa shape index (κ2) is 9.12. The molecule has 0 radical (unpaired) electrons. The van der Waals surface area contributed by atoms with Gasteiger partial charge in [-0.3, -0.25) is 14.7 Å². The van der Waals surface area contributed by atoms with Gasteiger partial charge >= 0.3 is 5.97 Å². The van der Waals surface area contributed by atoms with Gasteiger partial charge in [0, 0.05) is 5.39 Å². The number of aromatic nitrogens is 1. The number of hydrogen-bond donors (Lipinski definition) is 1. The number of likely N-dealkylation sites (tertiary alicyclic amines) is 1. The number of rotatable bonds is 6. The van der Waals surface area contributed by atoms with Gasteiger partial charge in [0.05, 0.1) is 29.3 Å². The molecule has 1 N–H and O–H groups in total. The number of piperidine rings is 1. The normalized spacial score (nSPS) is 20.6. The van der Waals surface area contributed by atoms with Crippen LogP contribution in [0.25, 0.3) is 10.9 Å². The van der Waals surface area contributed by atoms with Crippen LogP contribution in [0.1, 0.15) is 70.0 Å². The third kappa shape index (κ3) is 4.72. The van der Waals surface area contributed by atoms with Crippen LogP contribution in [0.15, 0.2) is 30.3 Å². The van der Waals surface area contributed by atoms with Crippen LogP contribution in [0, 0.1) is 5.92 Å². The molecule has 1 atom stereocenters. The molecule has 0 amide bonds. The molecule has 1 aromatic carbocycles. The van der Waals surface area contributed by atoms with E-state index in [0.717, 1.165) is 67.5 Å². The van der Waals surface area contributed by atoms with Gasteiger partial charge in [-0.1, -0.05) is 19.4 Å². The molecule has 5 heteroatoms. The van der Waals surface area contributed by atoms with Gasteiger partial charge in [0.25, 0.3) is 0 Å². The lowest BCUT2D eigenvalue weighted by atomic mass is 9.94. The molecule has 1 saturated carbocycles. The smallest absolute Gasteiger partial charge is 0.306 e. The van der Waals surface area contributed by atoms with Gasteiger partial charge in [-0.15, -0.1) is 0 Å². The Hall–Kier alpha value is -2.14. The van der Waals surface area contributed by atoms with E-state index in [0.29, 0.717) is 6.10 Å². The Balaban J connectivity index is 1.47. The van der Waals surface area contributed by atoms with Crippen LogP contribution >= 0.6 is 0 Å². The molecule has 4 rings (SSSR count). The Morgan fingerprint density at radius 2 is 1.90 bits per heavy atom. The molecule has 2 heterocycles. The Kier molecular flexibility index (Phi) is 6.34. The summed E-state index contributed by atoms with van der Waals surface area (Å²) in [5.74, 6) is 0.0883. The first-order valence-electron chi connectivity index (χ1n) is 11.2. The van der Waals surface area contributed by atoms with Crippen molar-refractivity contribution in [3.05, 3.63) is 36.0 Å². The summed E-state index contributed by atoms with van der Waals surface area (Å²) in [5.41, 5.74) is 2.08. The first-order chi connectivity index (χ1) is 14.1. The van der Waals surface area contributed by atoms with Crippen molar-refractivity contribution >= 4 is 16.9 Å². The number of nitrogens with zero attached hydrogens (tertiary/aromatic N) is 2. The fraction of sp³-hybridized carbons (Fsp3) is 0.583. The van der Waals surface area contributed by atoms with Crippen molar-refractivity contribution in [1.29, 1.82) is 0 Å². The molecule has 5 nitrogen and oxygen atoms in total. The van der Waals surface area contributed by atoms with Gasteiger partial charge in [0.15, 0.2) is 0 Å². The van der Waals surface area contributed by atoms with E-state index in [-0.39, 0.29) is 12.0 Å². The molecule has 1 saturated heterocycles. The first-order valence-corrected chi connectivity index (χ1v) is 11.2. The van der Waals surface area contributed by atoms with E-state index in [1.807, 2.05) is 6.07 Å². The van der Waals surface area contributed by atoms with E-state index in [9.17, 15) is 9.90 Å². The van der Waals surface area contributed by atoms with Crippen molar-refractivity contribution in [2.45, 2.75) is 70.4 Å². The van der Waals surface area contributed by atoms with Gasteiger partial charge < -0.3 is 9.84 Å². The average Bonchev–Trinajstić information content (AvgIpc) is 2.75. The minimum Gasteiger partial charge on any atom is -0.490 e. The molecule has 1 aromatic heterocycles. The Bertz CT molecular complexity index is 839. The molecule has 0 bridgehead atoms. The molecule has 1 aliphatic heterocycles. The van der Waals surface area contributed by atoms with Crippen molar-refractivity contribution in [2.24, 2.45) is 5.92 Å². The van der Waals surface area contributed by atoms with Crippen LogP contribution in [0.4, 0.5) is 0 Å². The Morgan fingerprint density at radius 1 is 1.14 bits per heavy atom. The number of carboxylic acid groups (broad SMARTS) is 1. The Morgan fingerprint density at radius 3 is 2.59 bits per heavy atom. The summed E-state index contributed by atoms with van der Waals surface area (Å²) in [6.45, 7) is 3.83. The summed E-state index contributed by atoms with van der Waals surface area (Å²) in [4.78, 5) is 18.6. The molecular formula is C24H32N2O3. The SMILES string of the molecule is CCC(c1ccc2cc(OC3CCCCC3)ccc2n1)N1CCC(C(=O)O)CC1. The lowest BCUT2D eigenvalue weighted by Crippen LogP contribution is -2.38. The minimum atomic E-state index is -0.659. The molecule has 29 heavy (non-hydrogen) atoms. The molecule has 156 valence electrons. The zero-order valence-corrected chi connectivity index (χ0v) is 17.3. The molecule has 2 aromatic rings. The zero-order chi connectivity index (χ0) is 20.2. The van der Waals surface area contributed by atoms with Crippen molar-refractivity contribution in [3.8, 4) is 5.75 Å². The van der Waals surface area contributed by atoms with Crippen LogP contribution < -0.4 is 4.74 Å². The van der Waals surface area contributed by atoms with Crippen LogP contribution in [0.5, 0.6) is 5.75 Å². The summed E-state index contributed by atoms with van der Waals surface area (Å²) < 4.78 is 6.20.